The van der Waals surface area contributed by atoms with E-state index in [-0.39, 0.29) is 24.5 Å². The van der Waals surface area contributed by atoms with Gasteiger partial charge in [0.2, 0.25) is 0 Å². The van der Waals surface area contributed by atoms with Crippen LogP contribution in [0.1, 0.15) is 23.9 Å². The van der Waals surface area contributed by atoms with E-state index in [9.17, 15) is 24.3 Å². The summed E-state index contributed by atoms with van der Waals surface area (Å²) in [5.74, 6) is 0. The van der Waals surface area contributed by atoms with E-state index in [1.54, 1.807) is 13.1 Å². The standard InChI is InChI=1S/C17H18ClN7O6/c1-8-3-25(17(30)19-14(8)27)13-2-11(26)12(31-13)7-24-5-9(21-22-24)4-23-6-10(18)15(28)20-16(23)29/h3,5-6,11-13,26H,2,4,7H2,1H3,(H,19,27,30)(H,20,28,29). The molecule has 164 valence electrons. The van der Waals surface area contributed by atoms with Crippen molar-refractivity contribution in [1.29, 1.82) is 0 Å². The summed E-state index contributed by atoms with van der Waals surface area (Å²) in [4.78, 5) is 51.1. The Morgan fingerprint density at radius 1 is 1.16 bits per heavy atom. The van der Waals surface area contributed by atoms with Crippen LogP contribution in [0.15, 0.2) is 37.8 Å². The largest absolute Gasteiger partial charge is 0.390 e. The van der Waals surface area contributed by atoms with Gasteiger partial charge in [0, 0.05) is 24.4 Å². The Bertz CT molecular complexity index is 1350. The van der Waals surface area contributed by atoms with Crippen LogP contribution in [0.5, 0.6) is 0 Å². The average Bonchev–Trinajstić information content (AvgIpc) is 3.29. The van der Waals surface area contributed by atoms with Crippen LogP contribution in [-0.2, 0) is 17.8 Å². The maximum absolute atomic E-state index is 12.1. The van der Waals surface area contributed by atoms with Gasteiger partial charge in [-0.3, -0.25) is 28.7 Å². The molecule has 3 unspecified atom stereocenters. The maximum Gasteiger partial charge on any atom is 0.330 e. The third-order valence-electron chi connectivity index (χ3n) is 4.91. The minimum Gasteiger partial charge on any atom is -0.390 e. The summed E-state index contributed by atoms with van der Waals surface area (Å²) in [6.07, 6.45) is 2.02. The second-order valence-electron chi connectivity index (χ2n) is 7.21. The average molecular weight is 452 g/mol. The number of hydrogen-bond donors (Lipinski definition) is 3. The van der Waals surface area contributed by atoms with Crippen molar-refractivity contribution in [1.82, 2.24) is 34.1 Å². The Morgan fingerprint density at radius 3 is 2.68 bits per heavy atom. The fraction of sp³-hybridized carbons (Fsp3) is 0.412. The molecule has 13 nitrogen and oxygen atoms in total. The first-order valence-corrected chi connectivity index (χ1v) is 9.63. The fourth-order valence-electron chi connectivity index (χ4n) is 3.31. The molecule has 3 atom stereocenters. The van der Waals surface area contributed by atoms with Crippen molar-refractivity contribution in [3.63, 3.8) is 0 Å². The summed E-state index contributed by atoms with van der Waals surface area (Å²) in [6, 6.07) is 0. The van der Waals surface area contributed by atoms with Crippen LogP contribution in [0, 0.1) is 6.92 Å². The number of rotatable bonds is 5. The molecular weight excluding hydrogens is 434 g/mol. The van der Waals surface area contributed by atoms with E-state index in [2.05, 4.69) is 20.3 Å². The summed E-state index contributed by atoms with van der Waals surface area (Å²) in [5, 5.41) is 18.2. The van der Waals surface area contributed by atoms with Crippen LogP contribution in [0.4, 0.5) is 0 Å². The summed E-state index contributed by atoms with van der Waals surface area (Å²) in [6.45, 7) is 1.73. The lowest BCUT2D eigenvalue weighted by molar-refractivity contribution is -0.0302. The molecule has 1 aliphatic rings. The molecule has 0 radical (unpaired) electrons. The number of nitrogens with zero attached hydrogens (tertiary/aromatic N) is 5. The van der Waals surface area contributed by atoms with Crippen molar-refractivity contribution < 1.29 is 9.84 Å². The molecule has 1 fully saturated rings. The van der Waals surface area contributed by atoms with Crippen LogP contribution in [0.25, 0.3) is 0 Å². The van der Waals surface area contributed by atoms with Gasteiger partial charge < -0.3 is 9.84 Å². The molecule has 0 aromatic carbocycles. The normalized spacial score (nSPS) is 20.9. The van der Waals surface area contributed by atoms with Gasteiger partial charge in [-0.2, -0.15) is 0 Å². The Morgan fingerprint density at radius 2 is 1.90 bits per heavy atom. The second kappa shape index (κ2) is 8.09. The molecule has 3 N–H and O–H groups in total. The predicted molar refractivity (Wildman–Crippen MR) is 106 cm³/mol. The van der Waals surface area contributed by atoms with Crippen molar-refractivity contribution in [2.24, 2.45) is 0 Å². The van der Waals surface area contributed by atoms with Gasteiger partial charge >= 0.3 is 11.4 Å². The zero-order chi connectivity index (χ0) is 22.3. The first-order valence-electron chi connectivity index (χ1n) is 9.25. The van der Waals surface area contributed by atoms with Gasteiger partial charge in [0.25, 0.3) is 11.1 Å². The summed E-state index contributed by atoms with van der Waals surface area (Å²) in [7, 11) is 0. The molecule has 4 rings (SSSR count). The van der Waals surface area contributed by atoms with Crippen molar-refractivity contribution in [2.75, 3.05) is 0 Å². The van der Waals surface area contributed by atoms with Gasteiger partial charge in [0.05, 0.1) is 25.4 Å². The van der Waals surface area contributed by atoms with Crippen LogP contribution in [0.2, 0.25) is 5.02 Å². The van der Waals surface area contributed by atoms with Gasteiger partial charge in [0.15, 0.2) is 0 Å². The molecule has 14 heteroatoms. The topological polar surface area (TPSA) is 170 Å². The van der Waals surface area contributed by atoms with E-state index >= 15 is 0 Å². The summed E-state index contributed by atoms with van der Waals surface area (Å²) >= 11 is 5.75. The molecule has 1 saturated heterocycles. The highest BCUT2D eigenvalue weighted by Gasteiger charge is 2.36. The molecule has 0 spiro atoms. The number of H-pyrrole nitrogens is 2. The minimum atomic E-state index is -0.877. The molecule has 3 aromatic rings. The van der Waals surface area contributed by atoms with Gasteiger partial charge in [-0.15, -0.1) is 5.10 Å². The molecule has 0 amide bonds. The molecule has 0 saturated carbocycles. The van der Waals surface area contributed by atoms with Gasteiger partial charge in [-0.1, -0.05) is 16.8 Å². The van der Waals surface area contributed by atoms with Crippen molar-refractivity contribution in [3.05, 3.63) is 76.5 Å². The van der Waals surface area contributed by atoms with Gasteiger partial charge in [-0.25, -0.2) is 14.3 Å². The molecular formula is C17H18ClN7O6. The molecule has 31 heavy (non-hydrogen) atoms. The Hall–Kier alpha value is -3.29. The highest BCUT2D eigenvalue weighted by Crippen LogP contribution is 2.28. The number of aliphatic hydroxyl groups is 1. The Labute approximate surface area is 177 Å². The van der Waals surface area contributed by atoms with E-state index in [1.807, 2.05) is 0 Å². The van der Waals surface area contributed by atoms with Crippen LogP contribution >= 0.6 is 11.6 Å². The lowest BCUT2D eigenvalue weighted by Gasteiger charge is -2.16. The smallest absolute Gasteiger partial charge is 0.330 e. The fourth-order valence-corrected chi connectivity index (χ4v) is 3.47. The quantitative estimate of drug-likeness (QED) is 0.413. The highest BCUT2D eigenvalue weighted by molar-refractivity contribution is 6.30. The molecule has 1 aliphatic heterocycles. The van der Waals surface area contributed by atoms with Crippen LogP contribution in [-0.4, -0.2) is 51.4 Å². The van der Waals surface area contributed by atoms with Crippen molar-refractivity contribution in [2.45, 2.75) is 44.9 Å². The van der Waals surface area contributed by atoms with Crippen molar-refractivity contribution >= 4 is 11.6 Å². The van der Waals surface area contributed by atoms with E-state index in [0.717, 1.165) is 0 Å². The van der Waals surface area contributed by atoms with E-state index in [1.165, 1.54) is 26.2 Å². The minimum absolute atomic E-state index is 0.0259. The molecule has 4 heterocycles. The van der Waals surface area contributed by atoms with E-state index < -0.39 is 40.9 Å². The summed E-state index contributed by atoms with van der Waals surface area (Å²) in [5.41, 5.74) is -1.65. The van der Waals surface area contributed by atoms with Gasteiger partial charge in [-0.05, 0) is 6.92 Å². The zero-order valence-electron chi connectivity index (χ0n) is 16.2. The number of aliphatic hydroxyl groups excluding tert-OH is 1. The zero-order valence-corrected chi connectivity index (χ0v) is 16.9. The number of nitrogens with one attached hydrogen (secondary N) is 2. The molecule has 0 aliphatic carbocycles. The number of aromatic amines is 2. The number of aromatic nitrogens is 7. The maximum atomic E-state index is 12.1. The number of hydrogen-bond acceptors (Lipinski definition) is 8. The van der Waals surface area contributed by atoms with E-state index in [4.69, 9.17) is 16.3 Å². The third-order valence-corrected chi connectivity index (χ3v) is 5.18. The van der Waals surface area contributed by atoms with Gasteiger partial charge in [0.1, 0.15) is 23.0 Å². The Kier molecular flexibility index (Phi) is 5.47. The molecule has 3 aromatic heterocycles. The lowest BCUT2D eigenvalue weighted by atomic mass is 10.2. The number of halogens is 1. The van der Waals surface area contributed by atoms with Crippen molar-refractivity contribution in [3.8, 4) is 0 Å². The first-order chi connectivity index (χ1) is 14.7. The number of ether oxygens (including phenoxy) is 1. The lowest BCUT2D eigenvalue weighted by Crippen LogP contribution is -2.33. The number of aryl methyl sites for hydroxylation is 1. The third kappa shape index (κ3) is 4.28. The second-order valence-corrected chi connectivity index (χ2v) is 7.61. The monoisotopic (exact) mass is 451 g/mol. The first kappa shape index (κ1) is 21.0. The Balaban J connectivity index is 1.47. The summed E-state index contributed by atoms with van der Waals surface area (Å²) < 4.78 is 9.66. The van der Waals surface area contributed by atoms with E-state index in [0.29, 0.717) is 11.3 Å². The van der Waals surface area contributed by atoms with Crippen LogP contribution < -0.4 is 22.5 Å². The molecule has 0 bridgehead atoms. The highest BCUT2D eigenvalue weighted by atomic mass is 35.5. The van der Waals surface area contributed by atoms with Crippen LogP contribution in [0.3, 0.4) is 0 Å². The SMILES string of the molecule is Cc1cn(C2CC(O)C(Cn3cc(Cn4cc(Cl)c(=O)[nH]c4=O)nn3)O2)c(=O)[nH]c1=O. The predicted octanol–water partition coefficient (Wildman–Crippen LogP) is -1.66.